The second kappa shape index (κ2) is 6.91. The van der Waals surface area contributed by atoms with Gasteiger partial charge in [-0.05, 0) is 58.7 Å². The topological polar surface area (TPSA) is 46.2 Å². The van der Waals surface area contributed by atoms with Crippen molar-refractivity contribution in [1.29, 1.82) is 0 Å². The quantitative estimate of drug-likeness (QED) is 0.645. The van der Waals surface area contributed by atoms with Gasteiger partial charge in [0.2, 0.25) is 10.0 Å². The van der Waals surface area contributed by atoms with Crippen LogP contribution in [0.15, 0.2) is 60.8 Å². The number of hydrogen-bond donors (Lipinski definition) is 1. The average Bonchev–Trinajstić information content (AvgIpc) is 2.37. The summed E-state index contributed by atoms with van der Waals surface area (Å²) in [5.41, 5.74) is 0.890. The van der Waals surface area contributed by atoms with Crippen molar-refractivity contribution >= 4 is 57.8 Å². The molecule has 2 aromatic carbocycles. The van der Waals surface area contributed by atoms with Gasteiger partial charge in [-0.2, -0.15) is 0 Å². The molecule has 0 saturated carbocycles. The SMILES string of the molecule is CC(NS(=O)(=O)c1ccc(Br)cc1Br)c1cccc(Br)c1. The molecule has 1 atom stereocenters. The minimum Gasteiger partial charge on any atom is -0.207 e. The number of rotatable bonds is 4. The molecule has 0 spiro atoms. The fraction of sp³-hybridized carbons (Fsp3) is 0.143. The van der Waals surface area contributed by atoms with Crippen LogP contribution in [-0.2, 0) is 10.0 Å². The van der Waals surface area contributed by atoms with Gasteiger partial charge in [-0.15, -0.1) is 0 Å². The van der Waals surface area contributed by atoms with E-state index in [1.807, 2.05) is 31.2 Å². The van der Waals surface area contributed by atoms with Gasteiger partial charge in [0.1, 0.15) is 0 Å². The first kappa shape index (κ1) is 17.1. The van der Waals surface area contributed by atoms with E-state index in [1.54, 1.807) is 18.2 Å². The molecule has 0 amide bonds. The van der Waals surface area contributed by atoms with E-state index in [-0.39, 0.29) is 10.9 Å². The molecule has 0 aromatic heterocycles. The fourth-order valence-corrected chi connectivity index (χ4v) is 5.23. The van der Waals surface area contributed by atoms with Crippen molar-refractivity contribution in [3.8, 4) is 0 Å². The molecule has 0 heterocycles. The largest absolute Gasteiger partial charge is 0.242 e. The summed E-state index contributed by atoms with van der Waals surface area (Å²) in [5, 5.41) is 0. The third kappa shape index (κ3) is 4.39. The van der Waals surface area contributed by atoms with Crippen molar-refractivity contribution in [1.82, 2.24) is 4.72 Å². The molecule has 21 heavy (non-hydrogen) atoms. The predicted molar refractivity (Wildman–Crippen MR) is 94.7 cm³/mol. The van der Waals surface area contributed by atoms with Gasteiger partial charge in [0, 0.05) is 19.5 Å². The smallest absolute Gasteiger partial charge is 0.207 e. The summed E-state index contributed by atoms with van der Waals surface area (Å²) < 4.78 is 29.9. The molecule has 0 aliphatic heterocycles. The lowest BCUT2D eigenvalue weighted by atomic mass is 10.1. The molecule has 2 aromatic rings. The van der Waals surface area contributed by atoms with Crippen molar-refractivity contribution < 1.29 is 8.42 Å². The first-order valence-electron chi connectivity index (χ1n) is 6.02. The number of halogens is 3. The Kier molecular flexibility index (Phi) is 5.65. The molecule has 1 unspecified atom stereocenters. The summed E-state index contributed by atoms with van der Waals surface area (Å²) >= 11 is 9.98. The van der Waals surface area contributed by atoms with Crippen LogP contribution in [-0.4, -0.2) is 8.42 Å². The van der Waals surface area contributed by atoms with Crippen LogP contribution in [0.3, 0.4) is 0 Å². The molecule has 0 aliphatic rings. The van der Waals surface area contributed by atoms with E-state index < -0.39 is 10.0 Å². The molecule has 0 fully saturated rings. The Hall–Kier alpha value is -0.210. The van der Waals surface area contributed by atoms with Gasteiger partial charge in [0.15, 0.2) is 0 Å². The lowest BCUT2D eigenvalue weighted by molar-refractivity contribution is 0.566. The molecule has 0 aliphatic carbocycles. The van der Waals surface area contributed by atoms with Crippen LogP contribution in [0.1, 0.15) is 18.5 Å². The maximum Gasteiger partial charge on any atom is 0.242 e. The molecule has 0 bridgehead atoms. The van der Waals surface area contributed by atoms with Crippen molar-refractivity contribution in [2.75, 3.05) is 0 Å². The van der Waals surface area contributed by atoms with E-state index in [1.165, 1.54) is 0 Å². The zero-order valence-electron chi connectivity index (χ0n) is 11.0. The Labute approximate surface area is 149 Å². The first-order chi connectivity index (χ1) is 9.79. The highest BCUT2D eigenvalue weighted by Crippen LogP contribution is 2.27. The molecular weight excluding hydrogens is 486 g/mol. The molecule has 3 nitrogen and oxygen atoms in total. The van der Waals surface area contributed by atoms with Crippen LogP contribution in [0.5, 0.6) is 0 Å². The summed E-state index contributed by atoms with van der Waals surface area (Å²) in [7, 11) is -3.60. The van der Waals surface area contributed by atoms with Crippen LogP contribution in [0.25, 0.3) is 0 Å². The summed E-state index contributed by atoms with van der Waals surface area (Å²) in [4.78, 5) is 0.215. The summed E-state index contributed by atoms with van der Waals surface area (Å²) in [6.07, 6.45) is 0. The van der Waals surface area contributed by atoms with Gasteiger partial charge in [-0.1, -0.05) is 44.0 Å². The van der Waals surface area contributed by atoms with Crippen molar-refractivity contribution in [3.05, 3.63) is 61.4 Å². The van der Waals surface area contributed by atoms with Gasteiger partial charge in [0.25, 0.3) is 0 Å². The van der Waals surface area contributed by atoms with Crippen molar-refractivity contribution in [2.45, 2.75) is 17.9 Å². The van der Waals surface area contributed by atoms with Gasteiger partial charge in [-0.3, -0.25) is 0 Å². The molecular formula is C14H12Br3NO2S. The van der Waals surface area contributed by atoms with Crippen LogP contribution in [0, 0.1) is 0 Å². The summed E-state index contributed by atoms with van der Waals surface area (Å²) in [6, 6.07) is 12.2. The Bertz CT molecular complexity index is 763. The number of hydrogen-bond acceptors (Lipinski definition) is 2. The Morgan fingerprint density at radius 3 is 2.29 bits per heavy atom. The number of nitrogens with one attached hydrogen (secondary N) is 1. The summed E-state index contributed by atoms with van der Waals surface area (Å²) in [5.74, 6) is 0. The second-order valence-electron chi connectivity index (χ2n) is 4.47. The standard InChI is InChI=1S/C14H12Br3NO2S/c1-9(10-3-2-4-11(15)7-10)18-21(19,20)14-6-5-12(16)8-13(14)17/h2-9,18H,1H3. The second-order valence-corrected chi connectivity index (χ2v) is 8.84. The van der Waals surface area contributed by atoms with Crippen molar-refractivity contribution in [3.63, 3.8) is 0 Å². The van der Waals surface area contributed by atoms with E-state index in [0.717, 1.165) is 14.5 Å². The molecule has 112 valence electrons. The summed E-state index contributed by atoms with van der Waals surface area (Å²) in [6.45, 7) is 1.81. The first-order valence-corrected chi connectivity index (χ1v) is 9.88. The van der Waals surface area contributed by atoms with Crippen molar-refractivity contribution in [2.24, 2.45) is 0 Å². The van der Waals surface area contributed by atoms with E-state index in [4.69, 9.17) is 0 Å². The highest BCUT2D eigenvalue weighted by atomic mass is 79.9. The lowest BCUT2D eigenvalue weighted by Crippen LogP contribution is -2.27. The zero-order valence-corrected chi connectivity index (χ0v) is 16.6. The Morgan fingerprint density at radius 2 is 1.67 bits per heavy atom. The van der Waals surface area contributed by atoms with Crippen LogP contribution in [0.2, 0.25) is 0 Å². The van der Waals surface area contributed by atoms with E-state index in [0.29, 0.717) is 4.47 Å². The van der Waals surface area contributed by atoms with Crippen LogP contribution >= 0.6 is 47.8 Å². The van der Waals surface area contributed by atoms with Crippen LogP contribution < -0.4 is 4.72 Å². The lowest BCUT2D eigenvalue weighted by Gasteiger charge is -2.16. The van der Waals surface area contributed by atoms with Gasteiger partial charge >= 0.3 is 0 Å². The highest BCUT2D eigenvalue weighted by molar-refractivity contribution is 9.11. The van der Waals surface area contributed by atoms with Gasteiger partial charge in [-0.25, -0.2) is 13.1 Å². The normalized spacial score (nSPS) is 13.1. The van der Waals surface area contributed by atoms with Gasteiger partial charge < -0.3 is 0 Å². The fourth-order valence-electron chi connectivity index (χ4n) is 1.83. The molecule has 0 radical (unpaired) electrons. The number of benzene rings is 2. The molecule has 7 heteroatoms. The van der Waals surface area contributed by atoms with Gasteiger partial charge in [0.05, 0.1) is 4.90 Å². The van der Waals surface area contributed by atoms with E-state index in [2.05, 4.69) is 52.5 Å². The Balaban J connectivity index is 2.29. The maximum atomic E-state index is 12.5. The third-order valence-corrected chi connectivity index (χ3v) is 6.37. The van der Waals surface area contributed by atoms with E-state index in [9.17, 15) is 8.42 Å². The average molecular weight is 498 g/mol. The maximum absolute atomic E-state index is 12.5. The molecule has 0 saturated heterocycles. The minimum absolute atomic E-state index is 0.215. The third-order valence-electron chi connectivity index (χ3n) is 2.86. The monoisotopic (exact) mass is 495 g/mol. The number of sulfonamides is 1. The van der Waals surface area contributed by atoms with Crippen LogP contribution in [0.4, 0.5) is 0 Å². The highest BCUT2D eigenvalue weighted by Gasteiger charge is 2.21. The molecule has 2 rings (SSSR count). The zero-order chi connectivity index (χ0) is 15.6. The molecule has 1 N–H and O–H groups in total. The minimum atomic E-state index is -3.60. The Morgan fingerprint density at radius 1 is 1.00 bits per heavy atom. The van der Waals surface area contributed by atoms with E-state index >= 15 is 0 Å². The predicted octanol–water partition coefficient (Wildman–Crippen LogP) is 5.01.